The molecule has 0 aromatic carbocycles. The highest BCUT2D eigenvalue weighted by atomic mass is 16.5. The minimum Gasteiger partial charge on any atom is -0.394 e. The van der Waals surface area contributed by atoms with Gasteiger partial charge in [0.25, 0.3) is 0 Å². The van der Waals surface area contributed by atoms with Gasteiger partial charge in [0.15, 0.2) is 0 Å². The van der Waals surface area contributed by atoms with E-state index in [1.54, 1.807) is 0 Å². The fourth-order valence-corrected chi connectivity index (χ4v) is 1.21. The molecule has 7 nitrogen and oxygen atoms in total. The third-order valence-electron chi connectivity index (χ3n) is 1.91. The zero-order valence-corrected chi connectivity index (χ0v) is 6.82. The molecule has 0 radical (unpaired) electrons. The first-order valence-corrected chi connectivity index (χ1v) is 3.85. The monoisotopic (exact) mass is 189 g/mol. The molecule has 0 spiro atoms. The Morgan fingerprint density at radius 2 is 2.23 bits per heavy atom. The van der Waals surface area contributed by atoms with Gasteiger partial charge in [0, 0.05) is 11.3 Å². The van der Waals surface area contributed by atoms with Crippen LogP contribution in [0.5, 0.6) is 0 Å². The first-order valence-electron chi connectivity index (χ1n) is 3.85. The highest BCUT2D eigenvalue weighted by Crippen LogP contribution is 2.20. The normalized spacial score (nSPS) is 39.6. The number of aliphatic hydroxyl groups excluding tert-OH is 3. The van der Waals surface area contributed by atoms with E-state index in [4.69, 9.17) is 15.4 Å². The van der Waals surface area contributed by atoms with Gasteiger partial charge in [-0.2, -0.15) is 0 Å². The van der Waals surface area contributed by atoms with Crippen molar-refractivity contribution in [2.24, 2.45) is 5.11 Å². The van der Waals surface area contributed by atoms with E-state index < -0.39 is 31.1 Å². The molecule has 1 heterocycles. The summed E-state index contributed by atoms with van der Waals surface area (Å²) >= 11 is 0. The van der Waals surface area contributed by atoms with E-state index in [9.17, 15) is 10.2 Å². The molecular weight excluding hydrogens is 178 g/mol. The van der Waals surface area contributed by atoms with Crippen LogP contribution < -0.4 is 0 Å². The molecule has 0 unspecified atom stereocenters. The Hall–Kier alpha value is -0.850. The van der Waals surface area contributed by atoms with Crippen molar-refractivity contribution in [2.75, 3.05) is 6.61 Å². The Labute approximate surface area is 74.2 Å². The van der Waals surface area contributed by atoms with E-state index in [1.165, 1.54) is 0 Å². The van der Waals surface area contributed by atoms with Crippen LogP contribution in [0, 0.1) is 0 Å². The molecule has 1 rings (SSSR count). The summed E-state index contributed by atoms with van der Waals surface area (Å²) in [6, 6.07) is 0. The molecule has 1 aliphatic heterocycles. The lowest BCUT2D eigenvalue weighted by Gasteiger charge is -2.34. The molecular formula is C6H11N3O4. The van der Waals surface area contributed by atoms with Crippen molar-refractivity contribution in [3.05, 3.63) is 10.4 Å². The van der Waals surface area contributed by atoms with Crippen LogP contribution in [0.2, 0.25) is 0 Å². The number of rotatable bonds is 2. The molecule has 0 bridgehead atoms. The average molecular weight is 189 g/mol. The van der Waals surface area contributed by atoms with E-state index in [1.807, 2.05) is 0 Å². The first kappa shape index (κ1) is 10.2. The number of hydrogen-bond donors (Lipinski definition) is 3. The summed E-state index contributed by atoms with van der Waals surface area (Å²) in [4.78, 5) is 2.51. The summed E-state index contributed by atoms with van der Waals surface area (Å²) in [5.74, 6) is 0. The number of hydrogen-bond acceptors (Lipinski definition) is 5. The molecule has 0 aliphatic carbocycles. The van der Waals surface area contributed by atoms with E-state index in [0.29, 0.717) is 0 Å². The predicted octanol–water partition coefficient (Wildman–Crippen LogP) is -0.874. The lowest BCUT2D eigenvalue weighted by atomic mass is 10.0. The standard InChI is InChI=1S/C6H11N3O4/c7-9-8-5-1-3(11)6(12)4(2-10)13-5/h3-6,10-12H,1-2H2/t3-,4-,5-,6+/m1/s1. The van der Waals surface area contributed by atoms with E-state index in [0.717, 1.165) is 0 Å². The summed E-state index contributed by atoms with van der Waals surface area (Å²) in [6.07, 6.45) is -3.82. The minimum atomic E-state index is -1.13. The van der Waals surface area contributed by atoms with Crippen LogP contribution in [0.4, 0.5) is 0 Å². The van der Waals surface area contributed by atoms with Crippen molar-refractivity contribution < 1.29 is 20.1 Å². The topological polar surface area (TPSA) is 119 Å². The van der Waals surface area contributed by atoms with Gasteiger partial charge < -0.3 is 20.1 Å². The third-order valence-corrected chi connectivity index (χ3v) is 1.91. The largest absolute Gasteiger partial charge is 0.394 e. The Bertz CT molecular complexity index is 218. The second kappa shape index (κ2) is 4.40. The molecule has 74 valence electrons. The minimum absolute atomic E-state index is 0.0434. The second-order valence-electron chi connectivity index (χ2n) is 2.81. The van der Waals surface area contributed by atoms with E-state index in [2.05, 4.69) is 10.0 Å². The third kappa shape index (κ3) is 2.30. The van der Waals surface area contributed by atoms with Crippen LogP contribution in [-0.4, -0.2) is 46.5 Å². The lowest BCUT2D eigenvalue weighted by molar-refractivity contribution is -0.177. The fraction of sp³-hybridized carbons (Fsp3) is 1.00. The van der Waals surface area contributed by atoms with Gasteiger partial charge in [0.2, 0.25) is 0 Å². The molecule has 1 aliphatic rings. The molecule has 0 saturated carbocycles. The Balaban J connectivity index is 2.62. The van der Waals surface area contributed by atoms with Crippen molar-refractivity contribution in [3.8, 4) is 0 Å². The van der Waals surface area contributed by atoms with Crippen molar-refractivity contribution in [2.45, 2.75) is 31.0 Å². The van der Waals surface area contributed by atoms with E-state index in [-0.39, 0.29) is 6.42 Å². The van der Waals surface area contributed by atoms with Crippen LogP contribution in [0.1, 0.15) is 6.42 Å². The van der Waals surface area contributed by atoms with E-state index >= 15 is 0 Å². The van der Waals surface area contributed by atoms with Gasteiger partial charge in [-0.05, 0) is 5.53 Å². The molecule has 1 saturated heterocycles. The maximum absolute atomic E-state index is 9.25. The zero-order chi connectivity index (χ0) is 9.84. The summed E-state index contributed by atoms with van der Waals surface area (Å²) in [7, 11) is 0. The van der Waals surface area contributed by atoms with Crippen molar-refractivity contribution in [3.63, 3.8) is 0 Å². The van der Waals surface area contributed by atoms with Gasteiger partial charge in [-0.15, -0.1) is 0 Å². The highest BCUT2D eigenvalue weighted by molar-refractivity contribution is 4.84. The zero-order valence-electron chi connectivity index (χ0n) is 6.82. The number of azide groups is 1. The van der Waals surface area contributed by atoms with Crippen LogP contribution in [0.25, 0.3) is 10.4 Å². The molecule has 4 atom stereocenters. The smallest absolute Gasteiger partial charge is 0.139 e. The number of ether oxygens (including phenoxy) is 1. The maximum atomic E-state index is 9.25. The second-order valence-corrected chi connectivity index (χ2v) is 2.81. The fourth-order valence-electron chi connectivity index (χ4n) is 1.21. The lowest BCUT2D eigenvalue weighted by Crippen LogP contribution is -2.49. The SMILES string of the molecule is [N-]=[N+]=N[C@H]1C[C@@H](O)[C@H](O)[C@@H](CO)O1. The quantitative estimate of drug-likeness (QED) is 0.297. The maximum Gasteiger partial charge on any atom is 0.139 e. The van der Waals surface area contributed by atoms with Gasteiger partial charge in [0.1, 0.15) is 18.4 Å². The van der Waals surface area contributed by atoms with Gasteiger partial charge in [-0.1, -0.05) is 5.11 Å². The van der Waals surface area contributed by atoms with Crippen LogP contribution >= 0.6 is 0 Å². The summed E-state index contributed by atoms with van der Waals surface area (Å²) in [5, 5.41) is 30.5. The summed E-state index contributed by atoms with van der Waals surface area (Å²) in [5.41, 5.74) is 8.10. The van der Waals surface area contributed by atoms with Crippen LogP contribution in [0.15, 0.2) is 5.11 Å². The average Bonchev–Trinajstić information content (AvgIpc) is 2.11. The molecule has 7 heteroatoms. The Morgan fingerprint density at radius 1 is 1.54 bits per heavy atom. The Morgan fingerprint density at radius 3 is 2.77 bits per heavy atom. The predicted molar refractivity (Wildman–Crippen MR) is 41.5 cm³/mol. The van der Waals surface area contributed by atoms with Crippen molar-refractivity contribution >= 4 is 0 Å². The number of aliphatic hydroxyl groups is 3. The Kier molecular flexibility index (Phi) is 3.47. The first-order chi connectivity index (χ1) is 6.19. The molecule has 0 aromatic heterocycles. The number of nitrogens with zero attached hydrogens (tertiary/aromatic N) is 3. The van der Waals surface area contributed by atoms with Gasteiger partial charge in [-0.3, -0.25) is 0 Å². The van der Waals surface area contributed by atoms with Crippen LogP contribution in [0.3, 0.4) is 0 Å². The highest BCUT2D eigenvalue weighted by Gasteiger charge is 2.35. The summed E-state index contributed by atoms with van der Waals surface area (Å²) < 4.78 is 4.98. The molecule has 0 aromatic rings. The van der Waals surface area contributed by atoms with Gasteiger partial charge in [0.05, 0.1) is 12.7 Å². The van der Waals surface area contributed by atoms with Gasteiger partial charge in [-0.25, -0.2) is 0 Å². The van der Waals surface area contributed by atoms with Crippen LogP contribution in [-0.2, 0) is 4.74 Å². The van der Waals surface area contributed by atoms with Crippen molar-refractivity contribution in [1.29, 1.82) is 0 Å². The molecule has 3 N–H and O–H groups in total. The summed E-state index contributed by atoms with van der Waals surface area (Å²) in [6.45, 7) is -0.421. The molecule has 0 amide bonds. The van der Waals surface area contributed by atoms with Gasteiger partial charge >= 0.3 is 0 Å². The van der Waals surface area contributed by atoms with Crippen molar-refractivity contribution in [1.82, 2.24) is 0 Å². The molecule has 13 heavy (non-hydrogen) atoms. The molecule has 1 fully saturated rings.